The predicted molar refractivity (Wildman–Crippen MR) is 109 cm³/mol. The highest BCUT2D eigenvalue weighted by molar-refractivity contribution is 9.10. The fourth-order valence-electron chi connectivity index (χ4n) is 3.17. The van der Waals surface area contributed by atoms with Gasteiger partial charge in [0.15, 0.2) is 0 Å². The molecule has 2 aromatic rings. The number of sulfonamides is 1. The van der Waals surface area contributed by atoms with Crippen LogP contribution in [0.2, 0.25) is 0 Å². The molecule has 0 saturated carbocycles. The smallest absolute Gasteiger partial charge is 0.243 e. The van der Waals surface area contributed by atoms with Crippen molar-refractivity contribution in [3.8, 4) is 0 Å². The maximum Gasteiger partial charge on any atom is 0.243 e. The van der Waals surface area contributed by atoms with Gasteiger partial charge in [-0.05, 0) is 49.6 Å². The van der Waals surface area contributed by atoms with E-state index >= 15 is 0 Å². The van der Waals surface area contributed by atoms with E-state index in [1.807, 2.05) is 31.2 Å². The molecule has 1 N–H and O–H groups in total. The molecule has 7 heteroatoms. The lowest BCUT2D eigenvalue weighted by Crippen LogP contribution is -2.45. The molecule has 1 aliphatic rings. The van der Waals surface area contributed by atoms with Gasteiger partial charge in [0.25, 0.3) is 0 Å². The van der Waals surface area contributed by atoms with Gasteiger partial charge in [-0.2, -0.15) is 4.31 Å². The van der Waals surface area contributed by atoms with E-state index in [9.17, 15) is 13.2 Å². The maximum absolute atomic E-state index is 12.9. The Hall–Kier alpha value is -1.70. The number of amides is 1. The first-order valence-electron chi connectivity index (χ1n) is 8.95. The third kappa shape index (κ3) is 4.97. The van der Waals surface area contributed by atoms with Crippen LogP contribution in [-0.2, 0) is 21.4 Å². The molecule has 0 aliphatic carbocycles. The summed E-state index contributed by atoms with van der Waals surface area (Å²) in [4.78, 5) is 12.8. The average Bonchev–Trinajstić information content (AvgIpc) is 2.68. The van der Waals surface area contributed by atoms with Crippen LogP contribution in [0.5, 0.6) is 0 Å². The summed E-state index contributed by atoms with van der Waals surface area (Å²) in [5, 5.41) is 2.94. The molecular formula is C20H23BrN2O3S. The Morgan fingerprint density at radius 2 is 1.81 bits per heavy atom. The summed E-state index contributed by atoms with van der Waals surface area (Å²) in [6, 6.07) is 14.6. The van der Waals surface area contributed by atoms with Crippen molar-refractivity contribution in [3.05, 3.63) is 64.1 Å². The van der Waals surface area contributed by atoms with Crippen molar-refractivity contribution < 1.29 is 13.2 Å². The molecule has 3 rings (SSSR count). The topological polar surface area (TPSA) is 66.5 Å². The standard InChI is InChI=1S/C20H23BrN2O3S/c1-15-4-6-16(7-5-15)13-22-20(24)17-3-2-12-23(14-17)27(25,26)19-10-8-18(21)9-11-19/h4-11,17H,2-3,12-14H2,1H3,(H,22,24)/t17-/m1/s1. The van der Waals surface area contributed by atoms with Crippen LogP contribution in [0.3, 0.4) is 0 Å². The van der Waals surface area contributed by atoms with Crippen LogP contribution in [0, 0.1) is 12.8 Å². The summed E-state index contributed by atoms with van der Waals surface area (Å²) in [7, 11) is -3.58. The van der Waals surface area contributed by atoms with Gasteiger partial charge in [-0.3, -0.25) is 4.79 Å². The summed E-state index contributed by atoms with van der Waals surface area (Å²) in [5.41, 5.74) is 2.20. The first-order chi connectivity index (χ1) is 12.9. The van der Waals surface area contributed by atoms with Gasteiger partial charge in [-0.1, -0.05) is 45.8 Å². The predicted octanol–water partition coefficient (Wildman–Crippen LogP) is 3.47. The Labute approximate surface area is 169 Å². The van der Waals surface area contributed by atoms with Crippen molar-refractivity contribution in [2.45, 2.75) is 31.2 Å². The van der Waals surface area contributed by atoms with Gasteiger partial charge < -0.3 is 5.32 Å². The zero-order chi connectivity index (χ0) is 19.4. The Kier molecular flexibility index (Phi) is 6.34. The van der Waals surface area contributed by atoms with E-state index in [1.165, 1.54) is 9.87 Å². The summed E-state index contributed by atoms with van der Waals surface area (Å²) >= 11 is 3.32. The molecule has 5 nitrogen and oxygen atoms in total. The van der Waals surface area contributed by atoms with Crippen molar-refractivity contribution in [3.63, 3.8) is 0 Å². The van der Waals surface area contributed by atoms with Gasteiger partial charge >= 0.3 is 0 Å². The van der Waals surface area contributed by atoms with Crippen LogP contribution >= 0.6 is 15.9 Å². The number of nitrogens with one attached hydrogen (secondary N) is 1. The van der Waals surface area contributed by atoms with Crippen molar-refractivity contribution in [2.24, 2.45) is 5.92 Å². The van der Waals surface area contributed by atoms with E-state index in [2.05, 4.69) is 21.2 Å². The van der Waals surface area contributed by atoms with Gasteiger partial charge in [-0.15, -0.1) is 0 Å². The van der Waals surface area contributed by atoms with Gasteiger partial charge in [0.2, 0.25) is 15.9 Å². The lowest BCUT2D eigenvalue weighted by atomic mass is 9.98. The Balaban J connectivity index is 1.63. The third-order valence-corrected chi connectivity index (χ3v) is 7.20. The average molecular weight is 451 g/mol. The Morgan fingerprint density at radius 1 is 1.15 bits per heavy atom. The van der Waals surface area contributed by atoms with Gasteiger partial charge in [0.1, 0.15) is 0 Å². The summed E-state index contributed by atoms with van der Waals surface area (Å²) < 4.78 is 28.0. The van der Waals surface area contributed by atoms with Crippen LogP contribution in [0.4, 0.5) is 0 Å². The number of hydrogen-bond donors (Lipinski definition) is 1. The monoisotopic (exact) mass is 450 g/mol. The van der Waals surface area contributed by atoms with Gasteiger partial charge in [0.05, 0.1) is 10.8 Å². The number of carbonyl (C=O) groups excluding carboxylic acids is 1. The normalized spacial score (nSPS) is 18.2. The molecular weight excluding hydrogens is 428 g/mol. The molecule has 0 bridgehead atoms. The van der Waals surface area contributed by atoms with E-state index in [0.29, 0.717) is 25.9 Å². The Morgan fingerprint density at radius 3 is 2.48 bits per heavy atom. The maximum atomic E-state index is 12.9. The number of aryl methyl sites for hydroxylation is 1. The number of hydrogen-bond acceptors (Lipinski definition) is 3. The SMILES string of the molecule is Cc1ccc(CNC(=O)[C@@H]2CCCN(S(=O)(=O)c3ccc(Br)cc3)C2)cc1. The van der Waals surface area contributed by atoms with Crippen LogP contribution in [0.25, 0.3) is 0 Å². The minimum atomic E-state index is -3.58. The second-order valence-corrected chi connectivity index (χ2v) is 9.71. The van der Waals surface area contributed by atoms with Crippen LogP contribution < -0.4 is 5.32 Å². The molecule has 1 aliphatic heterocycles. The molecule has 0 unspecified atom stereocenters. The van der Waals surface area contributed by atoms with E-state index in [-0.39, 0.29) is 23.3 Å². The molecule has 1 amide bonds. The molecule has 0 aromatic heterocycles. The van der Waals surface area contributed by atoms with Crippen LogP contribution in [0.1, 0.15) is 24.0 Å². The summed E-state index contributed by atoms with van der Waals surface area (Å²) in [5.74, 6) is -0.416. The van der Waals surface area contributed by atoms with Crippen molar-refractivity contribution in [2.75, 3.05) is 13.1 Å². The number of halogens is 1. The molecule has 2 aromatic carbocycles. The van der Waals surface area contributed by atoms with Crippen LogP contribution in [-0.4, -0.2) is 31.7 Å². The lowest BCUT2D eigenvalue weighted by molar-refractivity contribution is -0.126. The van der Waals surface area contributed by atoms with Gasteiger partial charge in [0, 0.05) is 24.1 Å². The molecule has 1 saturated heterocycles. The molecule has 0 spiro atoms. The van der Waals surface area contributed by atoms with Crippen molar-refractivity contribution in [1.82, 2.24) is 9.62 Å². The number of benzene rings is 2. The highest BCUT2D eigenvalue weighted by Gasteiger charge is 2.33. The fraction of sp³-hybridized carbons (Fsp3) is 0.350. The highest BCUT2D eigenvalue weighted by atomic mass is 79.9. The van der Waals surface area contributed by atoms with Crippen LogP contribution in [0.15, 0.2) is 57.9 Å². The second-order valence-electron chi connectivity index (χ2n) is 6.86. The summed E-state index contributed by atoms with van der Waals surface area (Å²) in [6.45, 7) is 3.14. The van der Waals surface area contributed by atoms with Crippen molar-refractivity contribution in [1.29, 1.82) is 0 Å². The quantitative estimate of drug-likeness (QED) is 0.757. The Bertz CT molecular complexity index is 896. The molecule has 1 atom stereocenters. The molecule has 144 valence electrons. The molecule has 1 heterocycles. The highest BCUT2D eigenvalue weighted by Crippen LogP contribution is 2.25. The molecule has 27 heavy (non-hydrogen) atoms. The lowest BCUT2D eigenvalue weighted by Gasteiger charge is -2.31. The first-order valence-corrected chi connectivity index (χ1v) is 11.2. The number of piperidine rings is 1. The largest absolute Gasteiger partial charge is 0.352 e. The minimum Gasteiger partial charge on any atom is -0.352 e. The van der Waals surface area contributed by atoms with E-state index in [1.54, 1.807) is 24.3 Å². The van der Waals surface area contributed by atoms with Crippen molar-refractivity contribution >= 4 is 31.9 Å². The van der Waals surface area contributed by atoms with E-state index < -0.39 is 10.0 Å². The fourth-order valence-corrected chi connectivity index (χ4v) is 4.96. The molecule has 0 radical (unpaired) electrons. The number of rotatable bonds is 5. The van der Waals surface area contributed by atoms with E-state index in [0.717, 1.165) is 10.0 Å². The van der Waals surface area contributed by atoms with Gasteiger partial charge in [-0.25, -0.2) is 8.42 Å². The zero-order valence-corrected chi connectivity index (χ0v) is 17.6. The van der Waals surface area contributed by atoms with E-state index in [4.69, 9.17) is 0 Å². The number of carbonyl (C=O) groups is 1. The summed E-state index contributed by atoms with van der Waals surface area (Å²) in [6.07, 6.45) is 1.38. The minimum absolute atomic E-state index is 0.0914. The second kappa shape index (κ2) is 8.54. The third-order valence-electron chi connectivity index (χ3n) is 4.79. The number of nitrogens with zero attached hydrogens (tertiary/aromatic N) is 1. The molecule has 1 fully saturated rings. The zero-order valence-electron chi connectivity index (χ0n) is 15.2. The first kappa shape index (κ1) is 20.0.